The number of halogens is 1. The summed E-state index contributed by atoms with van der Waals surface area (Å²) in [4.78, 5) is 0.284. The zero-order valence-corrected chi connectivity index (χ0v) is 12.3. The molecular formula is C13H17ClN2O2S. The van der Waals surface area contributed by atoms with Gasteiger partial charge in [-0.05, 0) is 43.7 Å². The number of aryl methyl sites for hydroxylation is 1. The molecule has 6 heteroatoms. The predicted molar refractivity (Wildman–Crippen MR) is 76.9 cm³/mol. The number of sulfonamides is 1. The van der Waals surface area contributed by atoms with Gasteiger partial charge >= 0.3 is 0 Å². The van der Waals surface area contributed by atoms with Crippen molar-refractivity contribution in [3.05, 3.63) is 40.4 Å². The minimum Gasteiger partial charge on any atom is -0.313 e. The van der Waals surface area contributed by atoms with Crippen LogP contribution in [0.1, 0.15) is 12.0 Å². The highest BCUT2D eigenvalue weighted by Crippen LogP contribution is 2.19. The van der Waals surface area contributed by atoms with Crippen molar-refractivity contribution in [3.8, 4) is 0 Å². The molecule has 2 N–H and O–H groups in total. The van der Waals surface area contributed by atoms with Gasteiger partial charge in [-0.1, -0.05) is 23.3 Å². The lowest BCUT2D eigenvalue weighted by molar-refractivity contribution is 0.581. The first-order valence-corrected chi connectivity index (χ1v) is 7.99. The predicted octanol–water partition coefficient (Wildman–Crippen LogP) is 1.85. The molecule has 1 aromatic rings. The molecule has 0 atom stereocenters. The van der Waals surface area contributed by atoms with Gasteiger partial charge in [-0.15, -0.1) is 0 Å². The average molecular weight is 301 g/mol. The van der Waals surface area contributed by atoms with Gasteiger partial charge in [-0.2, -0.15) is 0 Å². The van der Waals surface area contributed by atoms with Crippen LogP contribution in [0, 0.1) is 6.92 Å². The van der Waals surface area contributed by atoms with Gasteiger partial charge < -0.3 is 5.32 Å². The number of rotatable bonds is 4. The molecule has 0 aromatic heterocycles. The summed E-state index contributed by atoms with van der Waals surface area (Å²) >= 11 is 5.83. The summed E-state index contributed by atoms with van der Waals surface area (Å²) in [7, 11) is -3.48. The molecule has 2 rings (SSSR count). The van der Waals surface area contributed by atoms with Crippen LogP contribution in [-0.4, -0.2) is 28.1 Å². The Balaban J connectivity index is 2.11. The van der Waals surface area contributed by atoms with Crippen molar-refractivity contribution >= 4 is 21.6 Å². The molecule has 0 unspecified atom stereocenters. The fourth-order valence-electron chi connectivity index (χ4n) is 2.01. The van der Waals surface area contributed by atoms with E-state index in [-0.39, 0.29) is 4.90 Å². The molecule has 0 fully saturated rings. The Bertz CT molecular complexity index is 597. The fraction of sp³-hybridized carbons (Fsp3) is 0.385. The van der Waals surface area contributed by atoms with Crippen LogP contribution in [0.25, 0.3) is 0 Å². The summed E-state index contributed by atoms with van der Waals surface area (Å²) in [6, 6.07) is 4.78. The molecule has 0 amide bonds. The number of benzene rings is 1. The highest BCUT2D eigenvalue weighted by molar-refractivity contribution is 7.89. The van der Waals surface area contributed by atoms with Crippen molar-refractivity contribution in [2.45, 2.75) is 18.2 Å². The van der Waals surface area contributed by atoms with E-state index in [1.165, 1.54) is 6.07 Å². The quantitative estimate of drug-likeness (QED) is 0.834. The SMILES string of the molecule is Cc1cc(Cl)ccc1S(=O)(=O)NCC1=CCNCC1. The largest absolute Gasteiger partial charge is 0.313 e. The van der Waals surface area contributed by atoms with E-state index in [0.717, 1.165) is 25.1 Å². The molecule has 1 aromatic carbocycles. The van der Waals surface area contributed by atoms with Crippen LogP contribution in [0.4, 0.5) is 0 Å². The Morgan fingerprint density at radius 1 is 1.42 bits per heavy atom. The molecule has 0 spiro atoms. The Hall–Kier alpha value is -0.880. The summed E-state index contributed by atoms with van der Waals surface area (Å²) in [5.41, 5.74) is 1.77. The average Bonchev–Trinajstić information content (AvgIpc) is 2.37. The molecule has 1 aliphatic heterocycles. The molecule has 0 saturated heterocycles. The van der Waals surface area contributed by atoms with E-state index in [4.69, 9.17) is 11.6 Å². The minimum absolute atomic E-state index is 0.284. The first kappa shape index (κ1) is 14.5. The Morgan fingerprint density at radius 3 is 2.84 bits per heavy atom. The van der Waals surface area contributed by atoms with E-state index in [9.17, 15) is 8.42 Å². The van der Waals surface area contributed by atoms with Crippen molar-refractivity contribution in [2.75, 3.05) is 19.6 Å². The smallest absolute Gasteiger partial charge is 0.241 e. The maximum atomic E-state index is 12.2. The topological polar surface area (TPSA) is 58.2 Å². The summed E-state index contributed by atoms with van der Waals surface area (Å²) < 4.78 is 27.1. The molecule has 1 heterocycles. The summed E-state index contributed by atoms with van der Waals surface area (Å²) in [5.74, 6) is 0. The standard InChI is InChI=1S/C13H17ClN2O2S/c1-10-8-12(14)2-3-13(10)19(17,18)16-9-11-4-6-15-7-5-11/h2-4,8,15-16H,5-7,9H2,1H3. The van der Waals surface area contributed by atoms with Gasteiger partial charge in [0.2, 0.25) is 10.0 Å². The van der Waals surface area contributed by atoms with E-state index in [1.54, 1.807) is 19.1 Å². The van der Waals surface area contributed by atoms with Crippen LogP contribution in [-0.2, 0) is 10.0 Å². The zero-order chi connectivity index (χ0) is 13.9. The number of hydrogen-bond acceptors (Lipinski definition) is 3. The normalized spacial score (nSPS) is 16.2. The van der Waals surface area contributed by atoms with Gasteiger partial charge in [-0.3, -0.25) is 0 Å². The van der Waals surface area contributed by atoms with Crippen LogP contribution in [0.2, 0.25) is 5.02 Å². The molecule has 1 aliphatic rings. The third-order valence-electron chi connectivity index (χ3n) is 3.07. The monoisotopic (exact) mass is 300 g/mol. The van der Waals surface area contributed by atoms with Gasteiger partial charge in [0.05, 0.1) is 4.90 Å². The van der Waals surface area contributed by atoms with Crippen molar-refractivity contribution in [3.63, 3.8) is 0 Å². The van der Waals surface area contributed by atoms with Gasteiger partial charge in [0.25, 0.3) is 0 Å². The van der Waals surface area contributed by atoms with Crippen molar-refractivity contribution in [1.29, 1.82) is 0 Å². The molecule has 19 heavy (non-hydrogen) atoms. The van der Waals surface area contributed by atoms with Crippen LogP contribution < -0.4 is 10.0 Å². The Morgan fingerprint density at radius 2 is 2.21 bits per heavy atom. The maximum Gasteiger partial charge on any atom is 0.241 e. The lowest BCUT2D eigenvalue weighted by atomic mass is 10.1. The number of nitrogens with one attached hydrogen (secondary N) is 2. The molecule has 0 aliphatic carbocycles. The lowest BCUT2D eigenvalue weighted by Gasteiger charge is -2.15. The third-order valence-corrected chi connectivity index (χ3v) is 4.87. The van der Waals surface area contributed by atoms with Crippen molar-refractivity contribution in [1.82, 2.24) is 10.0 Å². The van der Waals surface area contributed by atoms with Crippen molar-refractivity contribution < 1.29 is 8.42 Å². The van der Waals surface area contributed by atoms with Gasteiger partial charge in [0, 0.05) is 18.1 Å². The first-order valence-electron chi connectivity index (χ1n) is 6.13. The summed E-state index contributed by atoms with van der Waals surface area (Å²) in [5, 5.41) is 3.73. The zero-order valence-electron chi connectivity index (χ0n) is 10.7. The first-order chi connectivity index (χ1) is 8.99. The van der Waals surface area contributed by atoms with Crippen LogP contribution in [0.5, 0.6) is 0 Å². The van der Waals surface area contributed by atoms with Crippen LogP contribution >= 0.6 is 11.6 Å². The second-order valence-corrected chi connectivity index (χ2v) is 6.72. The molecule has 4 nitrogen and oxygen atoms in total. The fourth-order valence-corrected chi connectivity index (χ4v) is 3.50. The second-order valence-electron chi connectivity index (χ2n) is 4.55. The van der Waals surface area contributed by atoms with Gasteiger partial charge in [0.1, 0.15) is 0 Å². The summed E-state index contributed by atoms with van der Waals surface area (Å²) in [6.45, 7) is 3.81. The lowest BCUT2D eigenvalue weighted by Crippen LogP contribution is -2.30. The van der Waals surface area contributed by atoms with Crippen LogP contribution in [0.3, 0.4) is 0 Å². The molecule has 0 saturated carbocycles. The van der Waals surface area contributed by atoms with E-state index in [1.807, 2.05) is 6.08 Å². The Labute approximate surface area is 118 Å². The second kappa shape index (κ2) is 6.05. The Kier molecular flexibility index (Phi) is 4.62. The third kappa shape index (κ3) is 3.79. The number of hydrogen-bond donors (Lipinski definition) is 2. The van der Waals surface area contributed by atoms with E-state index < -0.39 is 10.0 Å². The van der Waals surface area contributed by atoms with E-state index in [0.29, 0.717) is 17.1 Å². The van der Waals surface area contributed by atoms with E-state index in [2.05, 4.69) is 10.0 Å². The minimum atomic E-state index is -3.48. The molecular weight excluding hydrogens is 284 g/mol. The molecule has 104 valence electrons. The summed E-state index contributed by atoms with van der Waals surface area (Å²) in [6.07, 6.45) is 2.91. The highest BCUT2D eigenvalue weighted by Gasteiger charge is 2.17. The van der Waals surface area contributed by atoms with Crippen molar-refractivity contribution in [2.24, 2.45) is 0 Å². The van der Waals surface area contributed by atoms with E-state index >= 15 is 0 Å². The highest BCUT2D eigenvalue weighted by atomic mass is 35.5. The van der Waals surface area contributed by atoms with Crippen LogP contribution in [0.15, 0.2) is 34.7 Å². The maximum absolute atomic E-state index is 12.2. The van der Waals surface area contributed by atoms with Gasteiger partial charge in [0.15, 0.2) is 0 Å². The van der Waals surface area contributed by atoms with Gasteiger partial charge in [-0.25, -0.2) is 13.1 Å². The molecule has 0 bridgehead atoms. The molecule has 0 radical (unpaired) electrons.